The van der Waals surface area contributed by atoms with Crippen molar-refractivity contribution in [2.45, 2.75) is 38.9 Å². The molecule has 112 valence electrons. The summed E-state index contributed by atoms with van der Waals surface area (Å²) >= 11 is 0. The molecule has 0 aromatic heterocycles. The van der Waals surface area contributed by atoms with Gasteiger partial charge in [0.15, 0.2) is 0 Å². The summed E-state index contributed by atoms with van der Waals surface area (Å²) in [5, 5.41) is 12.6. The van der Waals surface area contributed by atoms with Crippen LogP contribution in [0.25, 0.3) is 0 Å². The molecule has 4 nitrogen and oxygen atoms in total. The maximum absolute atomic E-state index is 12.3. The molecule has 0 unspecified atom stereocenters. The topological polar surface area (TPSA) is 58.6 Å². The average Bonchev–Trinajstić information content (AvgIpc) is 2.44. The molecule has 0 heterocycles. The van der Waals surface area contributed by atoms with Crippen molar-refractivity contribution in [2.75, 3.05) is 6.54 Å². The molecule has 0 atom stereocenters. The predicted octanol–water partition coefficient (Wildman–Crippen LogP) is 2.57. The lowest BCUT2D eigenvalue weighted by molar-refractivity contribution is -0.0502. The third kappa shape index (κ3) is 4.45. The number of rotatable bonds is 7. The number of halogens is 2. The fourth-order valence-electron chi connectivity index (χ4n) is 1.69. The monoisotopic (exact) mass is 287 g/mol. The number of hydrogen-bond acceptors (Lipinski definition) is 3. The van der Waals surface area contributed by atoms with Crippen LogP contribution in [-0.4, -0.2) is 29.8 Å². The lowest BCUT2D eigenvalue weighted by Gasteiger charge is -2.25. The molecule has 1 rings (SSSR count). The van der Waals surface area contributed by atoms with Gasteiger partial charge in [-0.25, -0.2) is 0 Å². The third-order valence-corrected chi connectivity index (χ3v) is 3.24. The molecular formula is C14H19F2NO3. The fourth-order valence-corrected chi connectivity index (χ4v) is 1.69. The van der Waals surface area contributed by atoms with E-state index in [1.54, 1.807) is 6.07 Å². The molecule has 0 aliphatic carbocycles. The Bertz CT molecular complexity index is 448. The second-order valence-electron chi connectivity index (χ2n) is 4.49. The summed E-state index contributed by atoms with van der Waals surface area (Å²) in [5.74, 6) is -0.738. The minimum Gasteiger partial charge on any atom is -0.434 e. The summed E-state index contributed by atoms with van der Waals surface area (Å²) in [7, 11) is 0. The molecule has 0 fully saturated rings. The number of amides is 1. The summed E-state index contributed by atoms with van der Waals surface area (Å²) in [5.41, 5.74) is -0.976. The van der Waals surface area contributed by atoms with Crippen molar-refractivity contribution in [3.8, 4) is 5.75 Å². The molecular weight excluding hydrogens is 268 g/mol. The first-order chi connectivity index (χ1) is 9.41. The van der Waals surface area contributed by atoms with Crippen molar-refractivity contribution in [3.05, 3.63) is 29.8 Å². The largest absolute Gasteiger partial charge is 0.434 e. The van der Waals surface area contributed by atoms with E-state index in [0.29, 0.717) is 12.8 Å². The van der Waals surface area contributed by atoms with E-state index in [0.717, 1.165) is 0 Å². The molecule has 0 spiro atoms. The van der Waals surface area contributed by atoms with E-state index in [-0.39, 0.29) is 17.9 Å². The molecule has 6 heteroatoms. The summed E-state index contributed by atoms with van der Waals surface area (Å²) in [4.78, 5) is 12.0. The number of ether oxygens (including phenoxy) is 1. The van der Waals surface area contributed by atoms with Crippen LogP contribution in [0.4, 0.5) is 8.78 Å². The second-order valence-corrected chi connectivity index (χ2v) is 4.49. The Morgan fingerprint density at radius 2 is 1.95 bits per heavy atom. The summed E-state index contributed by atoms with van der Waals surface area (Å²) in [6, 6.07) is 5.75. The van der Waals surface area contributed by atoms with Crippen LogP contribution in [-0.2, 0) is 0 Å². The molecule has 1 aromatic carbocycles. The van der Waals surface area contributed by atoms with E-state index in [9.17, 15) is 18.7 Å². The van der Waals surface area contributed by atoms with Gasteiger partial charge < -0.3 is 15.2 Å². The van der Waals surface area contributed by atoms with Gasteiger partial charge in [-0.2, -0.15) is 8.78 Å². The number of benzene rings is 1. The van der Waals surface area contributed by atoms with E-state index >= 15 is 0 Å². The lowest BCUT2D eigenvalue weighted by Crippen LogP contribution is -2.42. The van der Waals surface area contributed by atoms with Crippen LogP contribution < -0.4 is 10.1 Å². The van der Waals surface area contributed by atoms with E-state index in [4.69, 9.17) is 0 Å². The van der Waals surface area contributed by atoms with Gasteiger partial charge in [-0.1, -0.05) is 26.0 Å². The molecule has 0 radical (unpaired) electrons. The van der Waals surface area contributed by atoms with Crippen molar-refractivity contribution < 1.29 is 23.4 Å². The van der Waals surface area contributed by atoms with Crippen molar-refractivity contribution in [1.82, 2.24) is 5.32 Å². The maximum atomic E-state index is 12.3. The van der Waals surface area contributed by atoms with Gasteiger partial charge >= 0.3 is 6.61 Å². The smallest absolute Gasteiger partial charge is 0.387 e. The van der Waals surface area contributed by atoms with Crippen molar-refractivity contribution in [2.24, 2.45) is 0 Å². The molecule has 20 heavy (non-hydrogen) atoms. The Morgan fingerprint density at radius 3 is 2.50 bits per heavy atom. The zero-order chi connectivity index (χ0) is 15.2. The van der Waals surface area contributed by atoms with Crippen molar-refractivity contribution in [1.29, 1.82) is 0 Å². The first-order valence-electron chi connectivity index (χ1n) is 6.46. The quantitative estimate of drug-likeness (QED) is 0.810. The molecule has 0 saturated heterocycles. The minimum atomic E-state index is -2.99. The Kier molecular flexibility index (Phi) is 5.88. The highest BCUT2D eigenvalue weighted by Gasteiger charge is 2.24. The van der Waals surface area contributed by atoms with Crippen LogP contribution >= 0.6 is 0 Å². The highest BCUT2D eigenvalue weighted by atomic mass is 19.3. The van der Waals surface area contributed by atoms with Crippen LogP contribution in [0.2, 0.25) is 0 Å². The first kappa shape index (κ1) is 16.4. The van der Waals surface area contributed by atoms with Crippen LogP contribution in [0.1, 0.15) is 37.0 Å². The fraction of sp³-hybridized carbons (Fsp3) is 0.500. The Balaban J connectivity index is 2.77. The SMILES string of the molecule is CCC(O)(CC)CNC(=O)c1ccccc1OC(F)F. The van der Waals surface area contributed by atoms with Crippen molar-refractivity contribution >= 4 is 5.91 Å². The number of hydrogen-bond donors (Lipinski definition) is 2. The molecule has 0 aliphatic heterocycles. The van der Waals surface area contributed by atoms with Gasteiger partial charge in [0.05, 0.1) is 11.2 Å². The highest BCUT2D eigenvalue weighted by molar-refractivity contribution is 5.96. The van der Waals surface area contributed by atoms with Gasteiger partial charge in [0, 0.05) is 6.54 Å². The number of nitrogens with one attached hydrogen (secondary N) is 1. The second kappa shape index (κ2) is 7.19. The van der Waals surface area contributed by atoms with Crippen molar-refractivity contribution in [3.63, 3.8) is 0 Å². The van der Waals surface area contributed by atoms with Crippen LogP contribution in [0, 0.1) is 0 Å². The van der Waals surface area contributed by atoms with Crippen LogP contribution in [0.15, 0.2) is 24.3 Å². The van der Waals surface area contributed by atoms with Gasteiger partial charge in [-0.05, 0) is 25.0 Å². The minimum absolute atomic E-state index is 0.0161. The Morgan fingerprint density at radius 1 is 1.35 bits per heavy atom. The van der Waals surface area contributed by atoms with E-state index in [2.05, 4.69) is 10.1 Å². The zero-order valence-corrected chi connectivity index (χ0v) is 11.5. The third-order valence-electron chi connectivity index (χ3n) is 3.24. The molecule has 2 N–H and O–H groups in total. The molecule has 0 bridgehead atoms. The first-order valence-corrected chi connectivity index (χ1v) is 6.46. The molecule has 0 saturated carbocycles. The van der Waals surface area contributed by atoms with Gasteiger partial charge in [-0.15, -0.1) is 0 Å². The standard InChI is InChI=1S/C14H19F2NO3/c1-3-14(19,4-2)9-17-12(18)10-7-5-6-8-11(10)20-13(15)16/h5-8,13,19H,3-4,9H2,1-2H3,(H,17,18). The summed E-state index contributed by atoms with van der Waals surface area (Å²) in [6.45, 7) is 0.682. The normalized spacial score (nSPS) is 11.5. The van der Waals surface area contributed by atoms with Gasteiger partial charge in [0.25, 0.3) is 5.91 Å². The number of alkyl halides is 2. The maximum Gasteiger partial charge on any atom is 0.387 e. The molecule has 1 aromatic rings. The number of para-hydroxylation sites is 1. The van der Waals surface area contributed by atoms with E-state index < -0.39 is 18.1 Å². The van der Waals surface area contributed by atoms with E-state index in [1.807, 2.05) is 13.8 Å². The Labute approximate surface area is 116 Å². The number of carbonyl (C=O) groups is 1. The van der Waals surface area contributed by atoms with E-state index in [1.165, 1.54) is 18.2 Å². The van der Waals surface area contributed by atoms with Gasteiger partial charge in [-0.3, -0.25) is 4.79 Å². The molecule has 0 aliphatic rings. The predicted molar refractivity (Wildman–Crippen MR) is 70.9 cm³/mol. The van der Waals surface area contributed by atoms with Gasteiger partial charge in [0.2, 0.25) is 0 Å². The summed E-state index contributed by atoms with van der Waals surface area (Å²) in [6.07, 6.45) is 0.970. The number of carbonyl (C=O) groups excluding carboxylic acids is 1. The summed E-state index contributed by atoms with van der Waals surface area (Å²) < 4.78 is 28.8. The zero-order valence-electron chi connectivity index (χ0n) is 11.5. The lowest BCUT2D eigenvalue weighted by atomic mass is 9.97. The van der Waals surface area contributed by atoms with Gasteiger partial charge in [0.1, 0.15) is 5.75 Å². The van der Waals surface area contributed by atoms with Crippen LogP contribution in [0.5, 0.6) is 5.75 Å². The number of aliphatic hydroxyl groups is 1. The Hall–Kier alpha value is -1.69. The van der Waals surface area contributed by atoms with Crippen LogP contribution in [0.3, 0.4) is 0 Å². The molecule has 1 amide bonds. The highest BCUT2D eigenvalue weighted by Crippen LogP contribution is 2.20. The average molecular weight is 287 g/mol.